The van der Waals surface area contributed by atoms with E-state index >= 15 is 0 Å². The van der Waals surface area contributed by atoms with Crippen LogP contribution in [0.5, 0.6) is 0 Å². The summed E-state index contributed by atoms with van der Waals surface area (Å²) in [6.07, 6.45) is 3.22. The Hall–Kier alpha value is -1.92. The molecule has 24 heavy (non-hydrogen) atoms. The van der Waals surface area contributed by atoms with Crippen molar-refractivity contribution in [1.82, 2.24) is 4.90 Å². The highest BCUT2D eigenvalue weighted by molar-refractivity contribution is 9.11. The Morgan fingerprint density at radius 3 is 2.62 bits per heavy atom. The summed E-state index contributed by atoms with van der Waals surface area (Å²) in [6, 6.07) is 11.2. The Labute approximate surface area is 153 Å². The maximum atomic E-state index is 12.8. The molecular weight excluding hydrogens is 388 g/mol. The smallest absolute Gasteiger partial charge is 0.254 e. The number of hydrogen-bond donors (Lipinski definition) is 1. The number of likely N-dealkylation sites (tertiary alicyclic amines) is 1. The molecular formula is C18H17BrN2O2S. The quantitative estimate of drug-likeness (QED) is 0.756. The number of rotatable bonds is 4. The van der Waals surface area contributed by atoms with Gasteiger partial charge in [-0.3, -0.25) is 9.59 Å². The third-order valence-electron chi connectivity index (χ3n) is 4.02. The van der Waals surface area contributed by atoms with Crippen LogP contribution in [0.3, 0.4) is 0 Å². The maximum Gasteiger partial charge on any atom is 0.254 e. The number of carbonyl (C=O) groups is 2. The third-order valence-corrected chi connectivity index (χ3v) is 5.75. The number of carbonyl (C=O) groups excluding carboxylic acids is 2. The van der Waals surface area contributed by atoms with Gasteiger partial charge in [-0.15, -0.1) is 11.3 Å². The molecule has 6 heteroatoms. The highest BCUT2D eigenvalue weighted by atomic mass is 79.9. The molecule has 3 rings (SSSR count). The number of nitrogens with zero attached hydrogens (tertiary/aromatic N) is 1. The van der Waals surface area contributed by atoms with Crippen LogP contribution in [0.2, 0.25) is 0 Å². The van der Waals surface area contributed by atoms with E-state index in [2.05, 4.69) is 33.9 Å². The van der Waals surface area contributed by atoms with Gasteiger partial charge in [0.1, 0.15) is 0 Å². The Bertz CT molecular complexity index is 770. The van der Waals surface area contributed by atoms with Crippen molar-refractivity contribution in [3.8, 4) is 0 Å². The molecule has 1 saturated heterocycles. The van der Waals surface area contributed by atoms with E-state index in [1.165, 1.54) is 11.0 Å². The summed E-state index contributed by atoms with van der Waals surface area (Å²) >= 11 is 5.17. The van der Waals surface area contributed by atoms with Gasteiger partial charge in [0.05, 0.1) is 9.83 Å². The minimum atomic E-state index is -0.267. The molecule has 2 aromatic rings. The number of hydrogen-bond acceptors (Lipinski definition) is 3. The monoisotopic (exact) mass is 404 g/mol. The van der Waals surface area contributed by atoms with Crippen LogP contribution in [-0.2, 0) is 4.79 Å². The standard InChI is InChI=1S/C18H17BrN2O2S/c1-2-17(22)20-13-7-5-12(6-8-13)18(23)21-11-3-4-14(21)15-9-10-16(19)24-15/h2,5-10,14H,1,3-4,11H2,(H,20,22). The van der Waals surface area contributed by atoms with Crippen molar-refractivity contribution in [3.05, 3.63) is 63.3 Å². The molecule has 0 spiro atoms. The first-order chi connectivity index (χ1) is 11.6. The molecule has 1 fully saturated rings. The SMILES string of the molecule is C=CC(=O)Nc1ccc(C(=O)N2CCCC2c2ccc(Br)s2)cc1. The van der Waals surface area contributed by atoms with Crippen molar-refractivity contribution in [2.75, 3.05) is 11.9 Å². The van der Waals surface area contributed by atoms with Gasteiger partial charge in [0.15, 0.2) is 0 Å². The van der Waals surface area contributed by atoms with Gasteiger partial charge in [-0.1, -0.05) is 6.58 Å². The van der Waals surface area contributed by atoms with Crippen molar-refractivity contribution >= 4 is 44.8 Å². The zero-order valence-electron chi connectivity index (χ0n) is 13.0. The summed E-state index contributed by atoms with van der Waals surface area (Å²) in [6.45, 7) is 4.19. The molecule has 0 bridgehead atoms. The molecule has 1 N–H and O–H groups in total. The first-order valence-electron chi connectivity index (χ1n) is 7.68. The van der Waals surface area contributed by atoms with Crippen LogP contribution in [-0.4, -0.2) is 23.3 Å². The third kappa shape index (κ3) is 3.60. The van der Waals surface area contributed by atoms with Gasteiger partial charge < -0.3 is 10.2 Å². The molecule has 1 aromatic heterocycles. The van der Waals surface area contributed by atoms with Gasteiger partial charge in [0.25, 0.3) is 5.91 Å². The van der Waals surface area contributed by atoms with Crippen LogP contribution in [0.4, 0.5) is 5.69 Å². The average molecular weight is 405 g/mol. The van der Waals surface area contributed by atoms with Crippen LogP contribution in [0.25, 0.3) is 0 Å². The summed E-state index contributed by atoms with van der Waals surface area (Å²) in [7, 11) is 0. The van der Waals surface area contributed by atoms with E-state index in [-0.39, 0.29) is 17.9 Å². The second-order valence-corrected chi connectivity index (χ2v) is 8.06. The van der Waals surface area contributed by atoms with Crippen LogP contribution in [0.15, 0.2) is 52.8 Å². The van der Waals surface area contributed by atoms with Gasteiger partial charge in [0, 0.05) is 22.7 Å². The fourth-order valence-corrected chi connectivity index (χ4v) is 4.44. The summed E-state index contributed by atoms with van der Waals surface area (Å²) < 4.78 is 1.08. The van der Waals surface area contributed by atoms with E-state index in [1.54, 1.807) is 35.6 Å². The molecule has 124 valence electrons. The fourth-order valence-electron chi connectivity index (χ4n) is 2.87. The van der Waals surface area contributed by atoms with E-state index in [4.69, 9.17) is 0 Å². The molecule has 0 saturated carbocycles. The second-order valence-electron chi connectivity index (χ2n) is 5.57. The largest absolute Gasteiger partial charge is 0.331 e. The van der Waals surface area contributed by atoms with E-state index in [0.29, 0.717) is 11.3 Å². The van der Waals surface area contributed by atoms with Crippen molar-refractivity contribution in [1.29, 1.82) is 0 Å². The van der Waals surface area contributed by atoms with Crippen molar-refractivity contribution in [3.63, 3.8) is 0 Å². The lowest BCUT2D eigenvalue weighted by molar-refractivity contribution is -0.111. The number of nitrogens with one attached hydrogen (secondary N) is 1. The van der Waals surface area contributed by atoms with Crippen LogP contribution in [0.1, 0.15) is 34.1 Å². The van der Waals surface area contributed by atoms with Crippen LogP contribution >= 0.6 is 27.3 Å². The second kappa shape index (κ2) is 7.32. The highest BCUT2D eigenvalue weighted by Crippen LogP contribution is 2.38. The van der Waals surface area contributed by atoms with E-state index in [9.17, 15) is 9.59 Å². The minimum Gasteiger partial charge on any atom is -0.331 e. The fraction of sp³-hybridized carbons (Fsp3) is 0.222. The van der Waals surface area contributed by atoms with Gasteiger partial charge >= 0.3 is 0 Å². The maximum absolute atomic E-state index is 12.8. The number of halogens is 1. The van der Waals surface area contributed by atoms with Crippen LogP contribution in [0, 0.1) is 0 Å². The van der Waals surface area contributed by atoms with Gasteiger partial charge in [0.2, 0.25) is 5.91 Å². The Morgan fingerprint density at radius 2 is 2.00 bits per heavy atom. The molecule has 2 heterocycles. The van der Waals surface area contributed by atoms with Gasteiger partial charge in [-0.2, -0.15) is 0 Å². The topological polar surface area (TPSA) is 49.4 Å². The lowest BCUT2D eigenvalue weighted by Crippen LogP contribution is -2.30. The first kappa shape index (κ1) is 16.9. The predicted octanol–water partition coefficient (Wildman–Crippen LogP) is 4.61. The van der Waals surface area contributed by atoms with E-state index in [0.717, 1.165) is 23.2 Å². The Kier molecular flexibility index (Phi) is 5.16. The molecule has 1 aliphatic heterocycles. The molecule has 1 unspecified atom stereocenters. The molecule has 0 radical (unpaired) electrons. The summed E-state index contributed by atoms with van der Waals surface area (Å²) in [4.78, 5) is 27.3. The molecule has 1 atom stereocenters. The number of anilines is 1. The van der Waals surface area contributed by atoms with Crippen molar-refractivity contribution in [2.24, 2.45) is 0 Å². The minimum absolute atomic E-state index is 0.0311. The average Bonchev–Trinajstić information content (AvgIpc) is 3.23. The molecule has 4 nitrogen and oxygen atoms in total. The highest BCUT2D eigenvalue weighted by Gasteiger charge is 2.31. The van der Waals surface area contributed by atoms with Crippen molar-refractivity contribution in [2.45, 2.75) is 18.9 Å². The first-order valence-corrected chi connectivity index (χ1v) is 9.29. The summed E-state index contributed by atoms with van der Waals surface area (Å²) in [5.74, 6) is -0.236. The van der Waals surface area contributed by atoms with Gasteiger partial charge in [-0.05, 0) is 71.2 Å². The Morgan fingerprint density at radius 1 is 1.25 bits per heavy atom. The zero-order valence-corrected chi connectivity index (χ0v) is 15.4. The summed E-state index contributed by atoms with van der Waals surface area (Å²) in [5.41, 5.74) is 1.28. The number of benzene rings is 1. The Balaban J connectivity index is 1.75. The lowest BCUT2D eigenvalue weighted by atomic mass is 10.1. The normalized spacial score (nSPS) is 16.9. The molecule has 2 amide bonds. The summed E-state index contributed by atoms with van der Waals surface area (Å²) in [5, 5.41) is 2.68. The van der Waals surface area contributed by atoms with Crippen molar-refractivity contribution < 1.29 is 9.59 Å². The van der Waals surface area contributed by atoms with Crippen LogP contribution < -0.4 is 5.32 Å². The lowest BCUT2D eigenvalue weighted by Gasteiger charge is -2.24. The molecule has 0 aliphatic carbocycles. The number of amides is 2. The number of thiophene rings is 1. The predicted molar refractivity (Wildman–Crippen MR) is 100 cm³/mol. The van der Waals surface area contributed by atoms with E-state index in [1.807, 2.05) is 11.0 Å². The molecule has 1 aromatic carbocycles. The van der Waals surface area contributed by atoms with Gasteiger partial charge in [-0.25, -0.2) is 0 Å². The molecule has 1 aliphatic rings. The van der Waals surface area contributed by atoms with E-state index < -0.39 is 0 Å². The zero-order chi connectivity index (χ0) is 17.1.